The number of nitrogens with zero attached hydrogens (tertiary/aromatic N) is 2. The smallest absolute Gasteiger partial charge is 0.255 e. The zero-order chi connectivity index (χ0) is 14.1. The largest absolute Gasteiger partial charge is 0.441 e. The van der Waals surface area contributed by atoms with Crippen molar-refractivity contribution in [3.8, 4) is 0 Å². The van der Waals surface area contributed by atoms with E-state index >= 15 is 0 Å². The summed E-state index contributed by atoms with van der Waals surface area (Å²) in [5.41, 5.74) is 3.48. The highest BCUT2D eigenvalue weighted by atomic mass is 16.3. The molecule has 0 saturated carbocycles. The van der Waals surface area contributed by atoms with Gasteiger partial charge in [0, 0.05) is 30.1 Å². The molecule has 1 N–H and O–H groups in total. The van der Waals surface area contributed by atoms with Gasteiger partial charge in [-0.1, -0.05) is 0 Å². The molecule has 100 valence electrons. The van der Waals surface area contributed by atoms with Crippen molar-refractivity contribution in [2.24, 2.45) is 0 Å². The van der Waals surface area contributed by atoms with Gasteiger partial charge in [0.25, 0.3) is 5.91 Å². The fourth-order valence-corrected chi connectivity index (χ4v) is 2.01. The van der Waals surface area contributed by atoms with Gasteiger partial charge in [-0.3, -0.25) is 9.78 Å². The van der Waals surface area contributed by atoms with E-state index in [1.165, 1.54) is 0 Å². The molecule has 2 aromatic heterocycles. The number of pyridine rings is 1. The number of fused-ring (bicyclic) bond motifs is 1. The van der Waals surface area contributed by atoms with Crippen LogP contribution in [0.1, 0.15) is 21.9 Å². The van der Waals surface area contributed by atoms with E-state index in [4.69, 9.17) is 4.42 Å². The molecule has 0 spiro atoms. The third-order valence-electron chi connectivity index (χ3n) is 2.91. The lowest BCUT2D eigenvalue weighted by Gasteiger charge is -2.05. The first kappa shape index (κ1) is 12.3. The Morgan fingerprint density at radius 3 is 2.85 bits per heavy atom. The molecule has 5 heteroatoms. The van der Waals surface area contributed by atoms with E-state index in [9.17, 15) is 4.79 Å². The third kappa shape index (κ3) is 2.38. The van der Waals surface area contributed by atoms with Crippen LogP contribution in [0.5, 0.6) is 0 Å². The second-order valence-corrected chi connectivity index (χ2v) is 4.56. The van der Waals surface area contributed by atoms with Crippen molar-refractivity contribution in [2.45, 2.75) is 13.8 Å². The number of aryl methyl sites for hydroxylation is 2. The quantitative estimate of drug-likeness (QED) is 0.774. The van der Waals surface area contributed by atoms with E-state index in [-0.39, 0.29) is 5.91 Å². The number of hydrogen-bond donors (Lipinski definition) is 1. The monoisotopic (exact) mass is 267 g/mol. The van der Waals surface area contributed by atoms with Crippen molar-refractivity contribution in [3.05, 3.63) is 53.7 Å². The lowest BCUT2D eigenvalue weighted by Crippen LogP contribution is -2.11. The maximum atomic E-state index is 12.2. The molecule has 3 aromatic rings. The molecular weight excluding hydrogens is 254 g/mol. The Kier molecular flexibility index (Phi) is 2.95. The molecule has 0 bridgehead atoms. The van der Waals surface area contributed by atoms with Crippen molar-refractivity contribution in [3.63, 3.8) is 0 Å². The SMILES string of the molecule is Cc1cc(NC(=O)c2ccc3oc(C)nc3c2)ccn1. The lowest BCUT2D eigenvalue weighted by molar-refractivity contribution is 0.102. The van der Waals surface area contributed by atoms with Gasteiger partial charge in [0.15, 0.2) is 11.5 Å². The van der Waals surface area contributed by atoms with Gasteiger partial charge < -0.3 is 9.73 Å². The number of hydrogen-bond acceptors (Lipinski definition) is 4. The molecule has 0 fully saturated rings. The molecule has 1 aromatic carbocycles. The number of rotatable bonds is 2. The minimum atomic E-state index is -0.182. The van der Waals surface area contributed by atoms with Gasteiger partial charge in [0.1, 0.15) is 5.52 Å². The zero-order valence-electron chi connectivity index (χ0n) is 11.2. The first-order valence-electron chi connectivity index (χ1n) is 6.23. The Morgan fingerprint density at radius 2 is 2.05 bits per heavy atom. The molecule has 0 aliphatic heterocycles. The number of carbonyl (C=O) groups excluding carboxylic acids is 1. The molecule has 0 radical (unpaired) electrons. The van der Waals surface area contributed by atoms with Crippen LogP contribution in [0.2, 0.25) is 0 Å². The Labute approximate surface area is 115 Å². The standard InChI is InChI=1S/C15H13N3O2/c1-9-7-12(5-6-16-9)18-15(19)11-3-4-14-13(8-11)17-10(2)20-14/h3-8H,1-2H3,(H,16,18,19). The highest BCUT2D eigenvalue weighted by molar-refractivity contribution is 6.05. The molecule has 1 amide bonds. The van der Waals surface area contributed by atoms with Crippen molar-refractivity contribution in [1.29, 1.82) is 0 Å². The van der Waals surface area contributed by atoms with Gasteiger partial charge in [-0.05, 0) is 37.3 Å². The fourth-order valence-electron chi connectivity index (χ4n) is 2.01. The number of benzene rings is 1. The van der Waals surface area contributed by atoms with Crippen LogP contribution < -0.4 is 5.32 Å². The highest BCUT2D eigenvalue weighted by Crippen LogP contribution is 2.18. The summed E-state index contributed by atoms with van der Waals surface area (Å²) in [6, 6.07) is 8.76. The van der Waals surface area contributed by atoms with Crippen LogP contribution >= 0.6 is 0 Å². The van der Waals surface area contributed by atoms with E-state index in [1.807, 2.05) is 13.0 Å². The van der Waals surface area contributed by atoms with Crippen LogP contribution in [-0.2, 0) is 0 Å². The number of oxazole rings is 1. The maximum absolute atomic E-state index is 12.2. The van der Waals surface area contributed by atoms with Crippen molar-refractivity contribution in [1.82, 2.24) is 9.97 Å². The third-order valence-corrected chi connectivity index (χ3v) is 2.91. The summed E-state index contributed by atoms with van der Waals surface area (Å²) in [4.78, 5) is 20.5. The summed E-state index contributed by atoms with van der Waals surface area (Å²) in [6.07, 6.45) is 1.66. The molecule has 20 heavy (non-hydrogen) atoms. The minimum Gasteiger partial charge on any atom is -0.441 e. The molecule has 0 aliphatic rings. The van der Waals surface area contributed by atoms with Crippen LogP contribution in [0.3, 0.4) is 0 Å². The molecule has 0 saturated heterocycles. The summed E-state index contributed by atoms with van der Waals surface area (Å²) < 4.78 is 5.39. The van der Waals surface area contributed by atoms with Gasteiger partial charge in [-0.15, -0.1) is 0 Å². The van der Waals surface area contributed by atoms with E-state index < -0.39 is 0 Å². The van der Waals surface area contributed by atoms with Gasteiger partial charge in [0.05, 0.1) is 0 Å². The Bertz CT molecular complexity index is 793. The summed E-state index contributed by atoms with van der Waals surface area (Å²) in [5.74, 6) is 0.403. The summed E-state index contributed by atoms with van der Waals surface area (Å²) in [5, 5.41) is 2.83. The van der Waals surface area contributed by atoms with Crippen LogP contribution in [-0.4, -0.2) is 15.9 Å². The zero-order valence-corrected chi connectivity index (χ0v) is 11.2. The number of carbonyl (C=O) groups is 1. The van der Waals surface area contributed by atoms with Gasteiger partial charge in [-0.2, -0.15) is 0 Å². The highest BCUT2D eigenvalue weighted by Gasteiger charge is 2.09. The topological polar surface area (TPSA) is 68.0 Å². The van der Waals surface area contributed by atoms with E-state index in [2.05, 4.69) is 15.3 Å². The first-order valence-corrected chi connectivity index (χ1v) is 6.23. The number of aromatic nitrogens is 2. The van der Waals surface area contributed by atoms with E-state index in [1.54, 1.807) is 37.4 Å². The van der Waals surface area contributed by atoms with Crippen LogP contribution in [0.15, 0.2) is 40.9 Å². The molecule has 0 aliphatic carbocycles. The number of nitrogens with one attached hydrogen (secondary N) is 1. The predicted molar refractivity (Wildman–Crippen MR) is 75.7 cm³/mol. The Morgan fingerprint density at radius 1 is 1.20 bits per heavy atom. The van der Waals surface area contributed by atoms with E-state index in [0.717, 1.165) is 11.4 Å². The van der Waals surface area contributed by atoms with E-state index in [0.29, 0.717) is 22.6 Å². The van der Waals surface area contributed by atoms with Crippen LogP contribution in [0.4, 0.5) is 5.69 Å². The van der Waals surface area contributed by atoms with Crippen LogP contribution in [0, 0.1) is 13.8 Å². The Hall–Kier alpha value is -2.69. The number of amides is 1. The summed E-state index contributed by atoms with van der Waals surface area (Å²) >= 11 is 0. The number of anilines is 1. The predicted octanol–water partition coefficient (Wildman–Crippen LogP) is 3.09. The molecule has 0 unspecified atom stereocenters. The Balaban J connectivity index is 1.88. The second kappa shape index (κ2) is 4.77. The lowest BCUT2D eigenvalue weighted by atomic mass is 10.2. The average Bonchev–Trinajstić information content (AvgIpc) is 2.77. The van der Waals surface area contributed by atoms with Crippen molar-refractivity contribution in [2.75, 3.05) is 5.32 Å². The van der Waals surface area contributed by atoms with Crippen molar-refractivity contribution >= 4 is 22.7 Å². The average molecular weight is 267 g/mol. The van der Waals surface area contributed by atoms with Crippen LogP contribution in [0.25, 0.3) is 11.1 Å². The normalized spacial score (nSPS) is 10.7. The first-order chi connectivity index (χ1) is 9.61. The molecule has 5 nitrogen and oxygen atoms in total. The minimum absolute atomic E-state index is 0.182. The van der Waals surface area contributed by atoms with Gasteiger partial charge in [-0.25, -0.2) is 4.98 Å². The molecular formula is C15H13N3O2. The summed E-state index contributed by atoms with van der Waals surface area (Å²) in [6.45, 7) is 3.65. The second-order valence-electron chi connectivity index (χ2n) is 4.56. The fraction of sp³-hybridized carbons (Fsp3) is 0.133. The summed E-state index contributed by atoms with van der Waals surface area (Å²) in [7, 11) is 0. The molecule has 2 heterocycles. The van der Waals surface area contributed by atoms with Gasteiger partial charge >= 0.3 is 0 Å². The van der Waals surface area contributed by atoms with Gasteiger partial charge in [0.2, 0.25) is 0 Å². The maximum Gasteiger partial charge on any atom is 0.255 e. The molecule has 0 atom stereocenters. The van der Waals surface area contributed by atoms with Crippen molar-refractivity contribution < 1.29 is 9.21 Å². The molecule has 3 rings (SSSR count).